The van der Waals surface area contributed by atoms with Gasteiger partial charge >= 0.3 is 5.63 Å². The van der Waals surface area contributed by atoms with E-state index < -0.39 is 5.63 Å². The molecule has 0 atom stereocenters. The van der Waals surface area contributed by atoms with Crippen LogP contribution < -0.4 is 15.3 Å². The molecule has 0 aliphatic heterocycles. The third kappa shape index (κ3) is 5.81. The standard InChI is InChI=1S/C19H25NO5/c1-20(2)15-8-9-16-17(13-19(22)25-18(16)12-15)24-11-7-5-3-4-6-10-23-14-21/h8-9,12-14H,3-7,10-11H2,1-2H3. The number of benzene rings is 1. The highest BCUT2D eigenvalue weighted by Gasteiger charge is 2.08. The lowest BCUT2D eigenvalue weighted by Crippen LogP contribution is -2.09. The maximum absolute atomic E-state index is 11.7. The van der Waals surface area contributed by atoms with Crippen molar-refractivity contribution < 1.29 is 18.7 Å². The third-order valence-electron chi connectivity index (χ3n) is 3.94. The number of carbonyl (C=O) groups excluding carboxylic acids is 1. The first-order chi connectivity index (χ1) is 12.1. The summed E-state index contributed by atoms with van der Waals surface area (Å²) < 4.78 is 15.7. The Morgan fingerprint density at radius 1 is 1.04 bits per heavy atom. The third-order valence-corrected chi connectivity index (χ3v) is 3.94. The van der Waals surface area contributed by atoms with Gasteiger partial charge in [-0.25, -0.2) is 4.79 Å². The molecule has 2 aromatic rings. The normalized spacial score (nSPS) is 10.6. The number of unbranched alkanes of at least 4 members (excludes halogenated alkanes) is 4. The van der Waals surface area contributed by atoms with Crippen molar-refractivity contribution in [3.8, 4) is 5.75 Å². The molecule has 0 unspecified atom stereocenters. The minimum absolute atomic E-state index is 0.409. The number of hydrogen-bond acceptors (Lipinski definition) is 6. The van der Waals surface area contributed by atoms with Gasteiger partial charge in [0.1, 0.15) is 11.3 Å². The molecule has 1 aromatic heterocycles. The minimum Gasteiger partial charge on any atom is -0.493 e. The van der Waals surface area contributed by atoms with E-state index in [9.17, 15) is 9.59 Å². The molecule has 1 heterocycles. The number of rotatable bonds is 11. The van der Waals surface area contributed by atoms with Gasteiger partial charge in [-0.15, -0.1) is 0 Å². The molecular weight excluding hydrogens is 322 g/mol. The lowest BCUT2D eigenvalue weighted by Gasteiger charge is -2.13. The average Bonchev–Trinajstić information content (AvgIpc) is 2.59. The molecule has 1 aromatic carbocycles. The molecule has 2 rings (SSSR count). The molecule has 0 saturated carbocycles. The van der Waals surface area contributed by atoms with E-state index in [4.69, 9.17) is 9.15 Å². The quantitative estimate of drug-likeness (QED) is 0.353. The van der Waals surface area contributed by atoms with Gasteiger partial charge in [0, 0.05) is 25.8 Å². The molecule has 0 saturated heterocycles. The van der Waals surface area contributed by atoms with Gasteiger partial charge in [0.05, 0.1) is 24.7 Å². The van der Waals surface area contributed by atoms with Crippen LogP contribution in [0, 0.1) is 0 Å². The molecule has 0 bridgehead atoms. The van der Waals surface area contributed by atoms with Crippen molar-refractivity contribution in [2.75, 3.05) is 32.2 Å². The van der Waals surface area contributed by atoms with Crippen molar-refractivity contribution in [1.82, 2.24) is 0 Å². The molecule has 0 N–H and O–H groups in total. The second-order valence-corrected chi connectivity index (χ2v) is 6.09. The molecule has 25 heavy (non-hydrogen) atoms. The van der Waals surface area contributed by atoms with Crippen LogP contribution in [0.1, 0.15) is 32.1 Å². The smallest absolute Gasteiger partial charge is 0.339 e. The predicted octanol–water partition coefficient (Wildman–Crippen LogP) is 3.36. The highest BCUT2D eigenvalue weighted by Crippen LogP contribution is 2.27. The Hall–Kier alpha value is -2.50. The summed E-state index contributed by atoms with van der Waals surface area (Å²) in [6.07, 6.45) is 4.92. The maximum atomic E-state index is 11.7. The summed E-state index contributed by atoms with van der Waals surface area (Å²) >= 11 is 0. The Kier molecular flexibility index (Phi) is 7.32. The number of carbonyl (C=O) groups is 1. The van der Waals surface area contributed by atoms with E-state index in [1.807, 2.05) is 37.2 Å². The van der Waals surface area contributed by atoms with Gasteiger partial charge in [-0.05, 0) is 25.0 Å². The predicted molar refractivity (Wildman–Crippen MR) is 97.4 cm³/mol. The Labute approximate surface area is 147 Å². The highest BCUT2D eigenvalue weighted by molar-refractivity contribution is 5.86. The van der Waals surface area contributed by atoms with E-state index in [2.05, 4.69) is 4.74 Å². The molecule has 0 fully saturated rings. The average molecular weight is 347 g/mol. The summed E-state index contributed by atoms with van der Waals surface area (Å²) in [4.78, 5) is 23.7. The van der Waals surface area contributed by atoms with Crippen molar-refractivity contribution in [1.29, 1.82) is 0 Å². The number of nitrogens with zero attached hydrogens (tertiary/aromatic N) is 1. The zero-order valence-electron chi connectivity index (χ0n) is 14.8. The topological polar surface area (TPSA) is 69.0 Å². The molecule has 6 nitrogen and oxygen atoms in total. The summed E-state index contributed by atoms with van der Waals surface area (Å²) in [5, 5.41) is 0.802. The summed E-state index contributed by atoms with van der Waals surface area (Å²) in [5.41, 5.74) is 1.09. The van der Waals surface area contributed by atoms with E-state index >= 15 is 0 Å². The summed E-state index contributed by atoms with van der Waals surface area (Å²) in [7, 11) is 3.87. The van der Waals surface area contributed by atoms with Crippen LogP contribution in [0.4, 0.5) is 5.69 Å². The fourth-order valence-electron chi connectivity index (χ4n) is 2.57. The van der Waals surface area contributed by atoms with Crippen LogP contribution in [-0.2, 0) is 9.53 Å². The number of anilines is 1. The summed E-state index contributed by atoms with van der Waals surface area (Å²) in [6.45, 7) is 1.52. The van der Waals surface area contributed by atoms with Crippen molar-refractivity contribution in [3.63, 3.8) is 0 Å². The minimum atomic E-state index is -0.409. The van der Waals surface area contributed by atoms with Gasteiger partial charge < -0.3 is 18.8 Å². The molecule has 0 amide bonds. The SMILES string of the molecule is CN(C)c1ccc2c(OCCCCCCCOC=O)cc(=O)oc2c1. The lowest BCUT2D eigenvalue weighted by atomic mass is 10.1. The first-order valence-electron chi connectivity index (χ1n) is 8.55. The van der Waals surface area contributed by atoms with Gasteiger partial charge in [-0.2, -0.15) is 0 Å². The fourth-order valence-corrected chi connectivity index (χ4v) is 2.57. The zero-order chi connectivity index (χ0) is 18.1. The van der Waals surface area contributed by atoms with E-state index in [0.717, 1.165) is 43.2 Å². The van der Waals surface area contributed by atoms with Crippen LogP contribution in [0.25, 0.3) is 11.0 Å². The zero-order valence-corrected chi connectivity index (χ0v) is 14.8. The summed E-state index contributed by atoms with van der Waals surface area (Å²) in [5.74, 6) is 0.566. The molecule has 136 valence electrons. The van der Waals surface area contributed by atoms with E-state index in [0.29, 0.717) is 31.0 Å². The second-order valence-electron chi connectivity index (χ2n) is 6.09. The van der Waals surface area contributed by atoms with E-state index in [1.165, 1.54) is 6.07 Å². The Morgan fingerprint density at radius 3 is 2.48 bits per heavy atom. The fraction of sp³-hybridized carbons (Fsp3) is 0.474. The van der Waals surface area contributed by atoms with Crippen LogP contribution in [-0.4, -0.2) is 33.8 Å². The highest BCUT2D eigenvalue weighted by atomic mass is 16.5. The first kappa shape index (κ1) is 18.8. The number of ether oxygens (including phenoxy) is 2. The van der Waals surface area contributed by atoms with Gasteiger partial charge in [-0.1, -0.05) is 19.3 Å². The van der Waals surface area contributed by atoms with Crippen LogP contribution in [0.3, 0.4) is 0 Å². The van der Waals surface area contributed by atoms with E-state index in [-0.39, 0.29) is 0 Å². The van der Waals surface area contributed by atoms with E-state index in [1.54, 1.807) is 0 Å². The first-order valence-corrected chi connectivity index (χ1v) is 8.55. The Morgan fingerprint density at radius 2 is 1.76 bits per heavy atom. The monoisotopic (exact) mass is 347 g/mol. The molecule has 6 heteroatoms. The lowest BCUT2D eigenvalue weighted by molar-refractivity contribution is -0.128. The van der Waals surface area contributed by atoms with Gasteiger partial charge in [0.25, 0.3) is 6.47 Å². The van der Waals surface area contributed by atoms with Crippen molar-refractivity contribution >= 4 is 23.1 Å². The number of hydrogen-bond donors (Lipinski definition) is 0. The molecule has 0 aliphatic rings. The second kappa shape index (κ2) is 9.71. The van der Waals surface area contributed by atoms with Crippen LogP contribution in [0.2, 0.25) is 0 Å². The maximum Gasteiger partial charge on any atom is 0.339 e. The number of fused-ring (bicyclic) bond motifs is 1. The van der Waals surface area contributed by atoms with Gasteiger partial charge in [0.2, 0.25) is 0 Å². The molecule has 0 radical (unpaired) electrons. The van der Waals surface area contributed by atoms with Crippen molar-refractivity contribution in [2.24, 2.45) is 0 Å². The van der Waals surface area contributed by atoms with Crippen LogP contribution in [0.15, 0.2) is 33.5 Å². The van der Waals surface area contributed by atoms with Gasteiger partial charge in [-0.3, -0.25) is 4.79 Å². The molecular formula is C19H25NO5. The largest absolute Gasteiger partial charge is 0.493 e. The Balaban J connectivity index is 1.86. The molecule has 0 aliphatic carbocycles. The van der Waals surface area contributed by atoms with Crippen LogP contribution >= 0.6 is 0 Å². The summed E-state index contributed by atoms with van der Waals surface area (Å²) in [6, 6.07) is 7.12. The van der Waals surface area contributed by atoms with Crippen molar-refractivity contribution in [3.05, 3.63) is 34.7 Å². The van der Waals surface area contributed by atoms with Crippen LogP contribution in [0.5, 0.6) is 5.75 Å². The van der Waals surface area contributed by atoms with Crippen molar-refractivity contribution in [2.45, 2.75) is 32.1 Å². The van der Waals surface area contributed by atoms with Gasteiger partial charge in [0.15, 0.2) is 0 Å². The molecule has 0 spiro atoms. The Bertz CT molecular complexity index is 738.